The lowest BCUT2D eigenvalue weighted by Gasteiger charge is -2.22. The van der Waals surface area contributed by atoms with E-state index in [2.05, 4.69) is 24.4 Å². The molecule has 1 amide bonds. The Bertz CT molecular complexity index is 939. The minimum absolute atomic E-state index is 0.0407. The lowest BCUT2D eigenvalue weighted by atomic mass is 9.95. The molecule has 7 heteroatoms. The highest BCUT2D eigenvalue weighted by Crippen LogP contribution is 2.34. The molecule has 1 atom stereocenters. The topological polar surface area (TPSA) is 64.0 Å². The molecule has 1 aliphatic carbocycles. The van der Waals surface area contributed by atoms with E-state index >= 15 is 0 Å². The Morgan fingerprint density at radius 2 is 2.00 bits per heavy atom. The van der Waals surface area contributed by atoms with Gasteiger partial charge in [-0.2, -0.15) is 0 Å². The fraction of sp³-hybridized carbons (Fsp3) is 0.522. The van der Waals surface area contributed by atoms with Gasteiger partial charge in [0.05, 0.1) is 16.3 Å². The Hall–Kier alpha value is -1.73. The number of rotatable bonds is 7. The third kappa shape index (κ3) is 5.30. The third-order valence-electron chi connectivity index (χ3n) is 5.73. The molecule has 1 aromatic heterocycles. The summed E-state index contributed by atoms with van der Waals surface area (Å²) in [6, 6.07) is 10.5. The number of nitrogens with zero attached hydrogens (tertiary/aromatic N) is 2. The van der Waals surface area contributed by atoms with Crippen molar-refractivity contribution in [3.8, 4) is 0 Å². The lowest BCUT2D eigenvalue weighted by Crippen LogP contribution is -2.37. The Labute approximate surface area is 186 Å². The standard InChI is InChI=1S/C23H29N3O2S2/c1-16-14-19-21(30-16)22(28)26(13-12-17-8-4-2-5-9-17)23(25-19)29-15-20(27)24-18-10-6-3-7-11-18/h2,4-5,8-9,16,18H,3,6-7,10-15H2,1H3,(H,24,27)/t16-/m1/s1. The summed E-state index contributed by atoms with van der Waals surface area (Å²) < 4.78 is 1.77. The van der Waals surface area contributed by atoms with Gasteiger partial charge in [0.2, 0.25) is 5.91 Å². The van der Waals surface area contributed by atoms with Crippen molar-refractivity contribution in [2.24, 2.45) is 0 Å². The molecule has 2 aromatic rings. The molecule has 0 unspecified atom stereocenters. The number of carbonyl (C=O) groups excluding carboxylic acids is 1. The maximum Gasteiger partial charge on any atom is 0.268 e. The predicted octanol–water partition coefficient (Wildman–Crippen LogP) is 4.06. The third-order valence-corrected chi connectivity index (χ3v) is 7.92. The van der Waals surface area contributed by atoms with Crippen molar-refractivity contribution in [2.45, 2.75) is 79.8 Å². The SMILES string of the molecule is C[C@@H]1Cc2nc(SCC(=O)NC3CCCCC3)n(CCc3ccccc3)c(=O)c2S1. The van der Waals surface area contributed by atoms with Gasteiger partial charge < -0.3 is 5.32 Å². The second-order valence-electron chi connectivity index (χ2n) is 8.19. The monoisotopic (exact) mass is 443 g/mol. The molecule has 2 aliphatic rings. The van der Waals surface area contributed by atoms with Crippen LogP contribution in [-0.4, -0.2) is 32.5 Å². The van der Waals surface area contributed by atoms with E-state index in [0.29, 0.717) is 28.7 Å². The van der Waals surface area contributed by atoms with Gasteiger partial charge in [0.1, 0.15) is 0 Å². The number of amides is 1. The number of hydrogen-bond donors (Lipinski definition) is 1. The second kappa shape index (κ2) is 10.1. The van der Waals surface area contributed by atoms with Crippen molar-refractivity contribution in [3.63, 3.8) is 0 Å². The lowest BCUT2D eigenvalue weighted by molar-refractivity contribution is -0.119. The summed E-state index contributed by atoms with van der Waals surface area (Å²) in [4.78, 5) is 31.3. The molecule has 2 heterocycles. The van der Waals surface area contributed by atoms with Gasteiger partial charge >= 0.3 is 0 Å². The summed E-state index contributed by atoms with van der Waals surface area (Å²) >= 11 is 3.02. The van der Waals surface area contributed by atoms with E-state index in [1.54, 1.807) is 16.3 Å². The molecule has 1 saturated carbocycles. The van der Waals surface area contributed by atoms with Crippen LogP contribution in [0.2, 0.25) is 0 Å². The van der Waals surface area contributed by atoms with E-state index < -0.39 is 0 Å². The maximum absolute atomic E-state index is 13.2. The average Bonchev–Trinajstić information content (AvgIpc) is 3.14. The quantitative estimate of drug-likeness (QED) is 0.516. The summed E-state index contributed by atoms with van der Waals surface area (Å²) in [5, 5.41) is 4.20. The van der Waals surface area contributed by atoms with Crippen molar-refractivity contribution < 1.29 is 4.79 Å². The molecule has 160 valence electrons. The summed E-state index contributed by atoms with van der Waals surface area (Å²) in [5.74, 6) is 0.342. The zero-order chi connectivity index (χ0) is 20.9. The molecule has 5 nitrogen and oxygen atoms in total. The fourth-order valence-corrected chi connectivity index (χ4v) is 6.14. The molecule has 1 aliphatic heterocycles. The van der Waals surface area contributed by atoms with Crippen LogP contribution in [0.1, 0.15) is 50.3 Å². The number of nitrogens with one attached hydrogen (secondary N) is 1. The number of benzene rings is 1. The molecule has 0 bridgehead atoms. The van der Waals surface area contributed by atoms with E-state index in [1.165, 1.54) is 36.6 Å². The van der Waals surface area contributed by atoms with Gasteiger partial charge in [-0.3, -0.25) is 14.2 Å². The van der Waals surface area contributed by atoms with Crippen molar-refractivity contribution in [3.05, 3.63) is 51.9 Å². The Balaban J connectivity index is 1.48. The molecule has 0 spiro atoms. The van der Waals surface area contributed by atoms with Crippen molar-refractivity contribution in [1.82, 2.24) is 14.9 Å². The molecule has 1 fully saturated rings. The molecule has 1 aromatic carbocycles. The molecular weight excluding hydrogens is 414 g/mol. The van der Waals surface area contributed by atoms with Crippen LogP contribution in [0.3, 0.4) is 0 Å². The van der Waals surface area contributed by atoms with Crippen LogP contribution >= 0.6 is 23.5 Å². The highest BCUT2D eigenvalue weighted by Gasteiger charge is 2.26. The van der Waals surface area contributed by atoms with E-state index in [1.807, 2.05) is 18.2 Å². The maximum atomic E-state index is 13.2. The van der Waals surface area contributed by atoms with E-state index in [9.17, 15) is 9.59 Å². The molecular formula is C23H29N3O2S2. The largest absolute Gasteiger partial charge is 0.353 e. The normalized spacial score (nSPS) is 18.9. The fourth-order valence-electron chi connectivity index (χ4n) is 4.17. The Morgan fingerprint density at radius 3 is 2.77 bits per heavy atom. The first kappa shape index (κ1) is 21.5. The predicted molar refractivity (Wildman–Crippen MR) is 123 cm³/mol. The van der Waals surface area contributed by atoms with Gasteiger partial charge in [-0.05, 0) is 24.8 Å². The first-order valence-electron chi connectivity index (χ1n) is 10.9. The zero-order valence-electron chi connectivity index (χ0n) is 17.4. The average molecular weight is 444 g/mol. The van der Waals surface area contributed by atoms with Crippen molar-refractivity contribution in [1.29, 1.82) is 0 Å². The van der Waals surface area contributed by atoms with Crippen LogP contribution in [-0.2, 0) is 24.2 Å². The van der Waals surface area contributed by atoms with E-state index in [0.717, 1.165) is 36.3 Å². The summed E-state index contributed by atoms with van der Waals surface area (Å²) in [6.07, 6.45) is 7.39. The number of carbonyl (C=O) groups is 1. The van der Waals surface area contributed by atoms with Crippen LogP contribution in [0, 0.1) is 0 Å². The van der Waals surface area contributed by atoms with Gasteiger partial charge in [0.25, 0.3) is 5.56 Å². The highest BCUT2D eigenvalue weighted by atomic mass is 32.2. The minimum atomic E-state index is 0.0407. The Kier molecular flexibility index (Phi) is 7.20. The first-order chi connectivity index (χ1) is 14.6. The van der Waals surface area contributed by atoms with Gasteiger partial charge in [0.15, 0.2) is 5.16 Å². The van der Waals surface area contributed by atoms with Crippen LogP contribution < -0.4 is 10.9 Å². The summed E-state index contributed by atoms with van der Waals surface area (Å²) in [7, 11) is 0. The smallest absolute Gasteiger partial charge is 0.268 e. The van der Waals surface area contributed by atoms with Crippen molar-refractivity contribution >= 4 is 29.4 Å². The van der Waals surface area contributed by atoms with Gasteiger partial charge in [-0.15, -0.1) is 11.8 Å². The van der Waals surface area contributed by atoms with Gasteiger partial charge in [-0.25, -0.2) is 4.98 Å². The summed E-state index contributed by atoms with van der Waals surface area (Å²) in [5.41, 5.74) is 2.13. The molecule has 0 saturated heterocycles. The molecule has 4 rings (SSSR count). The van der Waals surface area contributed by atoms with E-state index in [4.69, 9.17) is 4.98 Å². The van der Waals surface area contributed by atoms with Crippen LogP contribution in [0.25, 0.3) is 0 Å². The van der Waals surface area contributed by atoms with Crippen LogP contribution in [0.15, 0.2) is 45.2 Å². The Morgan fingerprint density at radius 1 is 1.23 bits per heavy atom. The van der Waals surface area contributed by atoms with Gasteiger partial charge in [0, 0.05) is 24.3 Å². The van der Waals surface area contributed by atoms with E-state index in [-0.39, 0.29) is 11.5 Å². The first-order valence-corrected chi connectivity index (χ1v) is 12.7. The highest BCUT2D eigenvalue weighted by molar-refractivity contribution is 8.00. The second-order valence-corrected chi connectivity index (χ2v) is 10.6. The number of hydrogen-bond acceptors (Lipinski definition) is 5. The minimum Gasteiger partial charge on any atom is -0.353 e. The number of aryl methyl sites for hydroxylation is 1. The van der Waals surface area contributed by atoms with Crippen LogP contribution in [0.4, 0.5) is 0 Å². The molecule has 0 radical (unpaired) electrons. The van der Waals surface area contributed by atoms with Gasteiger partial charge in [-0.1, -0.05) is 68.3 Å². The number of fused-ring (bicyclic) bond motifs is 1. The number of thioether (sulfide) groups is 2. The molecule has 30 heavy (non-hydrogen) atoms. The zero-order valence-corrected chi connectivity index (χ0v) is 19.1. The van der Waals surface area contributed by atoms with Crippen molar-refractivity contribution in [2.75, 3.05) is 5.75 Å². The summed E-state index contributed by atoms with van der Waals surface area (Å²) in [6.45, 7) is 2.70. The molecule has 1 N–H and O–H groups in total. The van der Waals surface area contributed by atoms with Crippen LogP contribution in [0.5, 0.6) is 0 Å². The number of aromatic nitrogens is 2.